The third-order valence-corrected chi connectivity index (χ3v) is 6.91. The second-order valence-corrected chi connectivity index (χ2v) is 9.16. The molecule has 158 valence electrons. The number of imidazole rings is 1. The molecule has 0 saturated carbocycles. The van der Waals surface area contributed by atoms with Gasteiger partial charge < -0.3 is 15.2 Å². The number of nitrogens with one attached hydrogen (secondary N) is 2. The molecule has 3 aromatic rings. The molecule has 4 rings (SSSR count). The first kappa shape index (κ1) is 20.0. The van der Waals surface area contributed by atoms with Crippen LogP contribution < -0.4 is 19.7 Å². The van der Waals surface area contributed by atoms with Crippen LogP contribution >= 0.6 is 11.3 Å². The van der Waals surface area contributed by atoms with Gasteiger partial charge in [-0.2, -0.15) is 8.42 Å². The van der Waals surface area contributed by atoms with Crippen molar-refractivity contribution in [2.45, 2.75) is 18.1 Å². The van der Waals surface area contributed by atoms with Crippen LogP contribution in [0.4, 0.5) is 16.2 Å². The van der Waals surface area contributed by atoms with Crippen molar-refractivity contribution in [1.29, 1.82) is 0 Å². The summed E-state index contributed by atoms with van der Waals surface area (Å²) in [6.07, 6.45) is 0.970. The number of nitrogens with zero attached hydrogens (tertiary/aromatic N) is 3. The number of anilines is 2. The quantitative estimate of drug-likeness (QED) is 0.534. The van der Waals surface area contributed by atoms with Gasteiger partial charge in [-0.15, -0.1) is 11.3 Å². The third-order valence-electron chi connectivity index (χ3n) is 4.39. The van der Waals surface area contributed by atoms with Gasteiger partial charge in [0.1, 0.15) is 11.9 Å². The van der Waals surface area contributed by atoms with Crippen molar-refractivity contribution in [1.82, 2.24) is 14.7 Å². The second-order valence-electron chi connectivity index (χ2n) is 6.48. The first-order valence-electron chi connectivity index (χ1n) is 8.74. The van der Waals surface area contributed by atoms with Crippen molar-refractivity contribution in [3.63, 3.8) is 0 Å². The maximum absolute atomic E-state index is 13.5. The van der Waals surface area contributed by atoms with Crippen molar-refractivity contribution >= 4 is 49.7 Å². The Morgan fingerprint density at radius 1 is 1.40 bits per heavy atom. The summed E-state index contributed by atoms with van der Waals surface area (Å²) in [5.41, 5.74) is 0.379. The summed E-state index contributed by atoms with van der Waals surface area (Å²) >= 11 is 1.30. The number of sulfonamides is 1. The van der Waals surface area contributed by atoms with E-state index in [1.165, 1.54) is 47.1 Å². The van der Waals surface area contributed by atoms with Gasteiger partial charge in [0.2, 0.25) is 5.91 Å². The minimum absolute atomic E-state index is 0.0264. The van der Waals surface area contributed by atoms with Crippen LogP contribution in [0.2, 0.25) is 0 Å². The molecule has 0 fully saturated rings. The number of carboxylic acid groups (broad SMARTS) is 1. The van der Waals surface area contributed by atoms with E-state index in [0.717, 1.165) is 4.31 Å². The average Bonchev–Trinajstić information content (AvgIpc) is 3.29. The largest absolute Gasteiger partial charge is 0.484 e. The Morgan fingerprint density at radius 2 is 2.20 bits per heavy atom. The van der Waals surface area contributed by atoms with Gasteiger partial charge in [0.15, 0.2) is 9.99 Å². The molecule has 3 N–H and O–H groups in total. The van der Waals surface area contributed by atoms with E-state index >= 15 is 0 Å². The summed E-state index contributed by atoms with van der Waals surface area (Å²) in [6, 6.07) is 4.34. The van der Waals surface area contributed by atoms with Crippen LogP contribution in [-0.4, -0.2) is 54.1 Å². The summed E-state index contributed by atoms with van der Waals surface area (Å²) in [6.45, 7) is 1.38. The Labute approximate surface area is 175 Å². The fourth-order valence-corrected chi connectivity index (χ4v) is 5.43. The lowest BCUT2D eigenvalue weighted by molar-refractivity contribution is -0.119. The molecule has 0 saturated heterocycles. The van der Waals surface area contributed by atoms with Gasteiger partial charge in [-0.1, -0.05) is 0 Å². The number of hydrogen-bond acceptors (Lipinski definition) is 7. The molecular weight excluding hydrogens is 434 g/mol. The predicted molar refractivity (Wildman–Crippen MR) is 109 cm³/mol. The van der Waals surface area contributed by atoms with Crippen molar-refractivity contribution < 1.29 is 27.9 Å². The Morgan fingerprint density at radius 3 is 2.93 bits per heavy atom. The molecule has 30 heavy (non-hydrogen) atoms. The SMILES string of the molecule is CC(=O)NCC1CN(S(=O)(=O)c2cnc3sccn23)c2cc(NC(=O)O)ccc2O1. The summed E-state index contributed by atoms with van der Waals surface area (Å²) in [5.74, 6) is -0.0159. The van der Waals surface area contributed by atoms with Crippen LogP contribution in [0.3, 0.4) is 0 Å². The Hall–Kier alpha value is -3.32. The highest BCUT2D eigenvalue weighted by molar-refractivity contribution is 7.92. The van der Waals surface area contributed by atoms with Crippen LogP contribution in [0, 0.1) is 0 Å². The standard InChI is InChI=1S/C17H17N5O6S2/c1-10(23)18-7-12-9-22(13-6-11(20-17(24)25)2-3-14(13)28-12)30(26,27)15-8-19-16-21(15)4-5-29-16/h2-6,8,12,20H,7,9H2,1H3,(H,18,23)(H,24,25). The summed E-state index contributed by atoms with van der Waals surface area (Å²) in [4.78, 5) is 26.9. The number of rotatable bonds is 5. The van der Waals surface area contributed by atoms with E-state index in [-0.39, 0.29) is 41.1 Å². The molecule has 1 unspecified atom stereocenters. The summed E-state index contributed by atoms with van der Waals surface area (Å²) < 4.78 is 35.5. The van der Waals surface area contributed by atoms with Gasteiger partial charge >= 0.3 is 6.09 Å². The molecule has 0 radical (unpaired) electrons. The van der Waals surface area contributed by atoms with Crippen molar-refractivity contribution in [2.75, 3.05) is 22.7 Å². The molecule has 11 nitrogen and oxygen atoms in total. The number of hydrogen-bond donors (Lipinski definition) is 3. The number of fused-ring (bicyclic) bond motifs is 2. The van der Waals surface area contributed by atoms with E-state index in [1.54, 1.807) is 11.6 Å². The fourth-order valence-electron chi connectivity index (χ4n) is 3.11. The lowest BCUT2D eigenvalue weighted by atomic mass is 10.2. The van der Waals surface area contributed by atoms with Crippen LogP contribution in [0.25, 0.3) is 4.96 Å². The van der Waals surface area contributed by atoms with Gasteiger partial charge in [0, 0.05) is 24.2 Å². The monoisotopic (exact) mass is 451 g/mol. The molecule has 13 heteroatoms. The lowest BCUT2D eigenvalue weighted by Gasteiger charge is -2.35. The lowest BCUT2D eigenvalue weighted by Crippen LogP contribution is -2.48. The minimum Gasteiger partial charge on any atom is -0.484 e. The highest BCUT2D eigenvalue weighted by Crippen LogP contribution is 2.39. The molecule has 3 heterocycles. The van der Waals surface area contributed by atoms with E-state index in [2.05, 4.69) is 15.6 Å². The molecule has 1 aliphatic rings. The van der Waals surface area contributed by atoms with E-state index in [1.807, 2.05) is 0 Å². The van der Waals surface area contributed by atoms with Crippen LogP contribution in [0.5, 0.6) is 5.75 Å². The van der Waals surface area contributed by atoms with Crippen LogP contribution in [0.15, 0.2) is 41.0 Å². The van der Waals surface area contributed by atoms with Crippen molar-refractivity contribution in [2.24, 2.45) is 0 Å². The molecule has 0 aliphatic carbocycles. The Bertz CT molecular complexity index is 1230. The minimum atomic E-state index is -4.07. The summed E-state index contributed by atoms with van der Waals surface area (Å²) in [5, 5.41) is 15.5. The predicted octanol–water partition coefficient (Wildman–Crippen LogP) is 1.58. The van der Waals surface area contributed by atoms with E-state index in [0.29, 0.717) is 4.96 Å². The molecular formula is C17H17N5O6S2. The maximum atomic E-state index is 13.5. The average molecular weight is 451 g/mol. The number of thiazole rings is 1. The van der Waals surface area contributed by atoms with Crippen LogP contribution in [-0.2, 0) is 14.8 Å². The normalized spacial score (nSPS) is 16.0. The smallest absolute Gasteiger partial charge is 0.409 e. The Balaban J connectivity index is 1.78. The summed E-state index contributed by atoms with van der Waals surface area (Å²) in [7, 11) is -4.07. The van der Waals surface area contributed by atoms with Gasteiger partial charge in [0.25, 0.3) is 10.0 Å². The molecule has 1 atom stereocenters. The first-order valence-corrected chi connectivity index (χ1v) is 11.1. The number of carbonyl (C=O) groups is 2. The zero-order valence-corrected chi connectivity index (χ0v) is 17.2. The van der Waals surface area contributed by atoms with Crippen LogP contribution in [0.1, 0.15) is 6.92 Å². The number of benzene rings is 1. The molecule has 2 amide bonds. The first-order chi connectivity index (χ1) is 14.3. The number of amides is 2. The van der Waals surface area contributed by atoms with Gasteiger partial charge in [0.05, 0.1) is 25.0 Å². The van der Waals surface area contributed by atoms with Crippen molar-refractivity contribution in [3.8, 4) is 5.75 Å². The highest BCUT2D eigenvalue weighted by atomic mass is 32.2. The highest BCUT2D eigenvalue weighted by Gasteiger charge is 2.36. The molecule has 2 aromatic heterocycles. The molecule has 0 spiro atoms. The fraction of sp³-hybridized carbons (Fsp3) is 0.235. The van der Waals surface area contributed by atoms with Gasteiger partial charge in [-0.3, -0.25) is 18.8 Å². The third kappa shape index (κ3) is 3.64. The topological polar surface area (TPSA) is 142 Å². The van der Waals surface area contributed by atoms with E-state index < -0.39 is 22.2 Å². The van der Waals surface area contributed by atoms with E-state index in [4.69, 9.17) is 9.84 Å². The number of ether oxygens (including phenoxy) is 1. The maximum Gasteiger partial charge on any atom is 0.409 e. The number of carbonyl (C=O) groups excluding carboxylic acids is 1. The zero-order valence-electron chi connectivity index (χ0n) is 15.6. The zero-order chi connectivity index (χ0) is 21.5. The van der Waals surface area contributed by atoms with E-state index in [9.17, 15) is 18.0 Å². The number of aromatic nitrogens is 2. The molecule has 0 bridgehead atoms. The molecule has 1 aliphatic heterocycles. The van der Waals surface area contributed by atoms with Gasteiger partial charge in [-0.25, -0.2) is 9.78 Å². The van der Waals surface area contributed by atoms with Crippen molar-refractivity contribution in [3.05, 3.63) is 36.0 Å². The molecule has 1 aromatic carbocycles. The van der Waals surface area contributed by atoms with Gasteiger partial charge in [-0.05, 0) is 18.2 Å². The second kappa shape index (κ2) is 7.50. The Kier molecular flexibility index (Phi) is 4.99.